The summed E-state index contributed by atoms with van der Waals surface area (Å²) in [5.74, 6) is 1.58. The lowest BCUT2D eigenvalue weighted by molar-refractivity contribution is 0.518. The van der Waals surface area contributed by atoms with Gasteiger partial charge in [-0.3, -0.25) is 4.57 Å². The van der Waals surface area contributed by atoms with Gasteiger partial charge in [0, 0.05) is 29.1 Å². The van der Waals surface area contributed by atoms with Crippen molar-refractivity contribution >= 4 is 41.3 Å². The van der Waals surface area contributed by atoms with Crippen molar-refractivity contribution in [3.8, 4) is 5.69 Å². The van der Waals surface area contributed by atoms with Gasteiger partial charge in [0.15, 0.2) is 11.8 Å². The molecule has 0 saturated carbocycles. The predicted octanol–water partition coefficient (Wildman–Crippen LogP) is 3.98. The van der Waals surface area contributed by atoms with E-state index in [0.29, 0.717) is 6.54 Å². The molecule has 0 amide bonds. The number of nitrogens with zero attached hydrogens (tertiary/aromatic N) is 4. The number of halogens is 1. The first-order valence-electron chi connectivity index (χ1n) is 9.10. The monoisotopic (exact) mass is 510 g/mol. The summed E-state index contributed by atoms with van der Waals surface area (Å²) >= 11 is 1.78. The molecule has 0 saturated heterocycles. The summed E-state index contributed by atoms with van der Waals surface area (Å²) in [6.07, 6.45) is 1.72. The van der Waals surface area contributed by atoms with Gasteiger partial charge in [0.25, 0.3) is 0 Å². The summed E-state index contributed by atoms with van der Waals surface area (Å²) in [5, 5.41) is 17.2. The second-order valence-electron chi connectivity index (χ2n) is 6.86. The minimum absolute atomic E-state index is 0. The van der Waals surface area contributed by atoms with Crippen LogP contribution in [0.15, 0.2) is 59.2 Å². The Bertz CT molecular complexity index is 858. The average molecular weight is 510 g/mol. The molecule has 0 aliphatic heterocycles. The third-order valence-electron chi connectivity index (χ3n) is 4.26. The van der Waals surface area contributed by atoms with Crippen LogP contribution in [0.4, 0.5) is 0 Å². The Labute approximate surface area is 187 Å². The smallest absolute Gasteiger partial charge is 0.191 e. The van der Waals surface area contributed by atoms with Gasteiger partial charge in [-0.1, -0.05) is 38.1 Å². The van der Waals surface area contributed by atoms with Crippen LogP contribution in [0.1, 0.15) is 31.5 Å². The largest absolute Gasteiger partial charge is 0.357 e. The number of rotatable bonds is 7. The first-order valence-corrected chi connectivity index (χ1v) is 9.98. The molecule has 150 valence electrons. The summed E-state index contributed by atoms with van der Waals surface area (Å²) in [7, 11) is 0. The van der Waals surface area contributed by atoms with E-state index in [1.54, 1.807) is 17.7 Å². The summed E-state index contributed by atoms with van der Waals surface area (Å²) < 4.78 is 1.96. The van der Waals surface area contributed by atoms with E-state index in [2.05, 4.69) is 59.1 Å². The number of hydrogen-bond donors (Lipinski definition) is 2. The second-order valence-corrected chi connectivity index (χ2v) is 7.81. The molecule has 6 nitrogen and oxygen atoms in total. The van der Waals surface area contributed by atoms with Crippen LogP contribution in [-0.4, -0.2) is 33.8 Å². The van der Waals surface area contributed by atoms with Crippen molar-refractivity contribution in [2.45, 2.75) is 32.7 Å². The number of aromatic nitrogens is 3. The number of nitrogens with one attached hydrogen (secondary N) is 2. The van der Waals surface area contributed by atoms with Crippen LogP contribution in [-0.2, 0) is 12.0 Å². The van der Waals surface area contributed by atoms with Gasteiger partial charge in [0.1, 0.15) is 12.9 Å². The average Bonchev–Trinajstić information content (AvgIpc) is 3.37. The van der Waals surface area contributed by atoms with Crippen molar-refractivity contribution in [2.24, 2.45) is 4.99 Å². The molecule has 3 aromatic rings. The number of thiophene rings is 1. The van der Waals surface area contributed by atoms with Gasteiger partial charge in [-0.05, 0) is 30.5 Å². The van der Waals surface area contributed by atoms with Crippen LogP contribution in [0.3, 0.4) is 0 Å². The molecule has 0 aliphatic carbocycles. The minimum atomic E-state index is 0. The van der Waals surface area contributed by atoms with Gasteiger partial charge in [-0.15, -0.1) is 45.5 Å². The van der Waals surface area contributed by atoms with Crippen molar-refractivity contribution in [1.29, 1.82) is 0 Å². The standard InChI is InChI=1S/C20H26N6S.HI/c1-4-21-19(23-14-20(2,3)17-11-8-12-27-17)22-13-18-25-24-15-26(18)16-9-6-5-7-10-16;/h5-12,15H,4,13-14H2,1-3H3,(H2,21,22,23);1H. The van der Waals surface area contributed by atoms with Crippen LogP contribution in [0.2, 0.25) is 0 Å². The fourth-order valence-corrected chi connectivity index (χ4v) is 3.57. The molecular formula is C20H27IN6S. The number of aliphatic imine (C=N–C) groups is 1. The number of guanidine groups is 1. The second kappa shape index (κ2) is 10.6. The molecule has 0 fully saturated rings. The highest BCUT2D eigenvalue weighted by molar-refractivity contribution is 14.0. The normalized spacial score (nSPS) is 11.8. The van der Waals surface area contributed by atoms with E-state index >= 15 is 0 Å². The maximum atomic E-state index is 4.70. The molecule has 3 rings (SSSR count). The zero-order chi connectivity index (χ0) is 19.1. The molecule has 2 aromatic heterocycles. The lowest BCUT2D eigenvalue weighted by Gasteiger charge is -2.25. The Morgan fingerprint density at radius 1 is 1.14 bits per heavy atom. The summed E-state index contributed by atoms with van der Waals surface area (Å²) in [5.41, 5.74) is 1.07. The molecule has 0 unspecified atom stereocenters. The predicted molar refractivity (Wildman–Crippen MR) is 127 cm³/mol. The maximum Gasteiger partial charge on any atom is 0.191 e. The first-order chi connectivity index (χ1) is 13.1. The molecule has 0 bridgehead atoms. The molecule has 0 spiro atoms. The van der Waals surface area contributed by atoms with Crippen LogP contribution < -0.4 is 10.6 Å². The third-order valence-corrected chi connectivity index (χ3v) is 5.50. The molecule has 8 heteroatoms. The summed E-state index contributed by atoms with van der Waals surface area (Å²) in [6.45, 7) is 8.59. The van der Waals surface area contributed by atoms with Crippen LogP contribution in [0.25, 0.3) is 5.69 Å². The zero-order valence-electron chi connectivity index (χ0n) is 16.4. The summed E-state index contributed by atoms with van der Waals surface area (Å²) in [6, 6.07) is 14.3. The van der Waals surface area contributed by atoms with Crippen molar-refractivity contribution in [1.82, 2.24) is 25.4 Å². The molecule has 1 aromatic carbocycles. The third kappa shape index (κ3) is 5.78. The van der Waals surface area contributed by atoms with E-state index in [-0.39, 0.29) is 29.4 Å². The van der Waals surface area contributed by atoms with Gasteiger partial charge in [-0.25, -0.2) is 4.99 Å². The van der Waals surface area contributed by atoms with Crippen molar-refractivity contribution in [2.75, 3.05) is 13.1 Å². The Hall–Kier alpha value is -1.94. The minimum Gasteiger partial charge on any atom is -0.357 e. The number of para-hydroxylation sites is 1. The highest BCUT2D eigenvalue weighted by atomic mass is 127. The zero-order valence-corrected chi connectivity index (χ0v) is 19.6. The Morgan fingerprint density at radius 2 is 1.93 bits per heavy atom. The first kappa shape index (κ1) is 22.4. The number of hydrogen-bond acceptors (Lipinski definition) is 4. The van der Waals surface area contributed by atoms with E-state index in [9.17, 15) is 0 Å². The number of benzene rings is 1. The molecule has 0 radical (unpaired) electrons. The van der Waals surface area contributed by atoms with E-state index in [4.69, 9.17) is 4.99 Å². The maximum absolute atomic E-state index is 4.70. The van der Waals surface area contributed by atoms with Gasteiger partial charge >= 0.3 is 0 Å². The fraction of sp³-hybridized carbons (Fsp3) is 0.350. The van der Waals surface area contributed by atoms with Crippen LogP contribution in [0, 0.1) is 0 Å². The van der Waals surface area contributed by atoms with Gasteiger partial charge < -0.3 is 10.6 Å². The highest BCUT2D eigenvalue weighted by Gasteiger charge is 2.22. The lowest BCUT2D eigenvalue weighted by atomic mass is 9.91. The SMILES string of the molecule is CCNC(=NCc1nncn1-c1ccccc1)NCC(C)(C)c1cccs1.I. The summed E-state index contributed by atoms with van der Waals surface area (Å²) in [4.78, 5) is 6.06. The molecule has 0 aliphatic rings. The van der Waals surface area contributed by atoms with Gasteiger partial charge in [0.2, 0.25) is 0 Å². The molecule has 2 heterocycles. The van der Waals surface area contributed by atoms with Crippen molar-refractivity contribution < 1.29 is 0 Å². The Morgan fingerprint density at radius 3 is 2.61 bits per heavy atom. The Balaban J connectivity index is 0.00000280. The van der Waals surface area contributed by atoms with Crippen LogP contribution in [0.5, 0.6) is 0 Å². The topological polar surface area (TPSA) is 67.1 Å². The van der Waals surface area contributed by atoms with Crippen LogP contribution >= 0.6 is 35.3 Å². The van der Waals surface area contributed by atoms with Gasteiger partial charge in [0.05, 0.1) is 0 Å². The highest BCUT2D eigenvalue weighted by Crippen LogP contribution is 2.26. The molecule has 28 heavy (non-hydrogen) atoms. The quantitative estimate of drug-likeness (QED) is 0.287. The Kier molecular flexibility index (Phi) is 8.43. The molecular weight excluding hydrogens is 483 g/mol. The fourth-order valence-electron chi connectivity index (χ4n) is 2.72. The van der Waals surface area contributed by atoms with E-state index in [0.717, 1.165) is 30.6 Å². The van der Waals surface area contributed by atoms with E-state index < -0.39 is 0 Å². The molecule has 2 N–H and O–H groups in total. The van der Waals surface area contributed by atoms with E-state index in [1.165, 1.54) is 4.88 Å². The van der Waals surface area contributed by atoms with Crippen molar-refractivity contribution in [3.05, 3.63) is 64.9 Å². The van der Waals surface area contributed by atoms with E-state index in [1.807, 2.05) is 34.9 Å². The molecule has 0 atom stereocenters. The van der Waals surface area contributed by atoms with Crippen molar-refractivity contribution in [3.63, 3.8) is 0 Å². The van der Waals surface area contributed by atoms with Gasteiger partial charge in [-0.2, -0.15) is 0 Å². The lowest BCUT2D eigenvalue weighted by Crippen LogP contribution is -2.43.